The van der Waals surface area contributed by atoms with E-state index in [-0.39, 0.29) is 21.4 Å². The number of nitrogens with zero attached hydrogens (tertiary/aromatic N) is 1. The Hall–Kier alpha value is -1.10. The third-order valence-electron chi connectivity index (χ3n) is 1.91. The number of pyridine rings is 1. The molecule has 100 valence electrons. The maximum atomic E-state index is 12.1. The lowest BCUT2D eigenvalue weighted by molar-refractivity contribution is -0.275. The van der Waals surface area contributed by atoms with Gasteiger partial charge in [-0.2, -0.15) is 0 Å². The predicted octanol–water partition coefficient (Wildman–Crippen LogP) is 1.67. The van der Waals surface area contributed by atoms with Gasteiger partial charge in [-0.15, -0.1) is 13.2 Å². The normalized spacial score (nSPS) is 11.4. The van der Waals surface area contributed by atoms with Gasteiger partial charge in [0.05, 0.1) is 21.9 Å². The first-order valence-corrected chi connectivity index (χ1v) is 5.66. The van der Waals surface area contributed by atoms with Crippen molar-refractivity contribution in [2.75, 3.05) is 0 Å². The fraction of sp³-hybridized carbons (Fsp3) is 0.333. The number of nitrogens with two attached hydrogens (primary N) is 1. The Kier molecular flexibility index (Phi) is 4.73. The molecule has 0 saturated heterocycles. The third kappa shape index (κ3) is 3.98. The van der Waals surface area contributed by atoms with Crippen LogP contribution in [0.3, 0.4) is 0 Å². The summed E-state index contributed by atoms with van der Waals surface area (Å²) in [5.74, 6) is -1.72. The molecular weight excluding hydrogens is 368 g/mol. The second-order valence-electron chi connectivity index (χ2n) is 3.18. The van der Waals surface area contributed by atoms with E-state index in [1.165, 1.54) is 0 Å². The molecule has 9 heteroatoms. The second-order valence-corrected chi connectivity index (χ2v) is 4.26. The van der Waals surface area contributed by atoms with E-state index in [2.05, 4.69) is 9.72 Å². The molecule has 5 nitrogen and oxygen atoms in total. The zero-order valence-corrected chi connectivity index (χ0v) is 10.9. The van der Waals surface area contributed by atoms with Crippen LogP contribution in [-0.4, -0.2) is 22.4 Å². The molecule has 1 rings (SSSR count). The molecule has 0 unspecified atom stereocenters. The van der Waals surface area contributed by atoms with Gasteiger partial charge in [-0.3, -0.25) is 9.78 Å². The number of carboxylic acids is 1. The van der Waals surface area contributed by atoms with Crippen molar-refractivity contribution in [3.8, 4) is 5.75 Å². The first-order valence-electron chi connectivity index (χ1n) is 4.58. The summed E-state index contributed by atoms with van der Waals surface area (Å²) in [5.41, 5.74) is 5.72. The van der Waals surface area contributed by atoms with Gasteiger partial charge in [0, 0.05) is 12.1 Å². The Labute approximate surface area is 113 Å². The van der Waals surface area contributed by atoms with Gasteiger partial charge in [-0.25, -0.2) is 0 Å². The van der Waals surface area contributed by atoms with Gasteiger partial charge in [0.2, 0.25) is 0 Å². The van der Waals surface area contributed by atoms with Crippen molar-refractivity contribution in [2.45, 2.75) is 19.3 Å². The fourth-order valence-corrected chi connectivity index (χ4v) is 2.00. The zero-order chi connectivity index (χ0) is 13.9. The molecule has 0 bridgehead atoms. The maximum Gasteiger partial charge on any atom is 0.573 e. The molecule has 0 fully saturated rings. The number of carbonyl (C=O) groups is 1. The molecule has 18 heavy (non-hydrogen) atoms. The predicted molar refractivity (Wildman–Crippen MR) is 62.9 cm³/mol. The van der Waals surface area contributed by atoms with Gasteiger partial charge in [0.15, 0.2) is 5.75 Å². The highest BCUT2D eigenvalue weighted by Crippen LogP contribution is 2.30. The Balaban J connectivity index is 3.20. The lowest BCUT2D eigenvalue weighted by Gasteiger charge is -2.14. The van der Waals surface area contributed by atoms with Crippen LogP contribution in [0.4, 0.5) is 13.2 Å². The van der Waals surface area contributed by atoms with Gasteiger partial charge < -0.3 is 15.6 Å². The van der Waals surface area contributed by atoms with Crippen LogP contribution in [0.2, 0.25) is 0 Å². The van der Waals surface area contributed by atoms with Crippen molar-refractivity contribution >= 4 is 28.6 Å². The fourth-order valence-electron chi connectivity index (χ4n) is 1.25. The highest BCUT2D eigenvalue weighted by atomic mass is 127. The largest absolute Gasteiger partial charge is 0.573 e. The van der Waals surface area contributed by atoms with E-state index in [0.29, 0.717) is 0 Å². The molecule has 0 aliphatic heterocycles. The smallest absolute Gasteiger partial charge is 0.481 e. The van der Waals surface area contributed by atoms with Crippen molar-refractivity contribution < 1.29 is 27.8 Å². The van der Waals surface area contributed by atoms with Crippen LogP contribution in [0.25, 0.3) is 0 Å². The van der Waals surface area contributed by atoms with Crippen molar-refractivity contribution in [1.29, 1.82) is 0 Å². The molecule has 1 heterocycles. The van der Waals surface area contributed by atoms with E-state index in [9.17, 15) is 18.0 Å². The summed E-state index contributed by atoms with van der Waals surface area (Å²) in [7, 11) is 0. The molecule has 0 aliphatic rings. The summed E-state index contributed by atoms with van der Waals surface area (Å²) in [6.45, 7) is -0.0646. The minimum atomic E-state index is -4.85. The first kappa shape index (κ1) is 15.0. The van der Waals surface area contributed by atoms with Crippen LogP contribution in [0, 0.1) is 3.57 Å². The van der Waals surface area contributed by atoms with Crippen LogP contribution in [-0.2, 0) is 17.8 Å². The third-order valence-corrected chi connectivity index (χ3v) is 3.10. The molecular formula is C9H8F3IN2O3. The minimum Gasteiger partial charge on any atom is -0.481 e. The number of halogens is 4. The Morgan fingerprint density at radius 2 is 2.17 bits per heavy atom. The lowest BCUT2D eigenvalue weighted by atomic mass is 10.1. The Bertz CT molecular complexity index is 465. The summed E-state index contributed by atoms with van der Waals surface area (Å²) in [6, 6.07) is 0. The molecule has 0 aromatic carbocycles. The Morgan fingerprint density at radius 1 is 1.56 bits per heavy atom. The first-order chi connectivity index (χ1) is 8.24. The number of hydrogen-bond acceptors (Lipinski definition) is 4. The van der Waals surface area contributed by atoms with Crippen LogP contribution in [0.1, 0.15) is 11.3 Å². The number of rotatable bonds is 4. The molecule has 0 amide bonds. The van der Waals surface area contributed by atoms with Crippen molar-refractivity contribution in [1.82, 2.24) is 4.98 Å². The molecule has 0 atom stereocenters. The lowest BCUT2D eigenvalue weighted by Crippen LogP contribution is -2.20. The minimum absolute atomic E-state index is 0.0442. The van der Waals surface area contributed by atoms with Crippen LogP contribution < -0.4 is 10.5 Å². The highest BCUT2D eigenvalue weighted by Gasteiger charge is 2.33. The van der Waals surface area contributed by atoms with Gasteiger partial charge >= 0.3 is 12.3 Å². The number of alkyl halides is 3. The van der Waals surface area contributed by atoms with E-state index in [1.54, 1.807) is 22.6 Å². The molecule has 1 aromatic rings. The van der Waals surface area contributed by atoms with Gasteiger partial charge in [-0.05, 0) is 22.6 Å². The average Bonchev–Trinajstić information content (AvgIpc) is 2.22. The summed E-state index contributed by atoms with van der Waals surface area (Å²) in [5, 5.41) is 8.70. The van der Waals surface area contributed by atoms with Crippen molar-refractivity contribution in [2.24, 2.45) is 5.73 Å². The van der Waals surface area contributed by atoms with Gasteiger partial charge in [0.1, 0.15) is 0 Å². The highest BCUT2D eigenvalue weighted by molar-refractivity contribution is 14.1. The second kappa shape index (κ2) is 5.69. The number of hydrogen-bond donors (Lipinski definition) is 2. The van der Waals surface area contributed by atoms with Gasteiger partial charge in [0.25, 0.3) is 0 Å². The Morgan fingerprint density at radius 3 is 2.61 bits per heavy atom. The van der Waals surface area contributed by atoms with E-state index in [4.69, 9.17) is 10.8 Å². The van der Waals surface area contributed by atoms with Crippen LogP contribution >= 0.6 is 22.6 Å². The standard InChI is InChI=1S/C9H8F3IN2O3/c10-9(11,12)18-6-3-15-5(2-14)4(8(6)13)1-7(16)17/h3H,1-2,14H2,(H,16,17). The van der Waals surface area contributed by atoms with E-state index >= 15 is 0 Å². The topological polar surface area (TPSA) is 85.4 Å². The van der Waals surface area contributed by atoms with Crippen LogP contribution in [0.15, 0.2) is 6.20 Å². The zero-order valence-electron chi connectivity index (χ0n) is 8.79. The summed E-state index contributed by atoms with van der Waals surface area (Å²) < 4.78 is 40.1. The van der Waals surface area contributed by atoms with E-state index in [1.807, 2.05) is 0 Å². The molecule has 3 N–H and O–H groups in total. The summed E-state index contributed by atoms with van der Waals surface area (Å²) >= 11 is 1.58. The maximum absolute atomic E-state index is 12.1. The molecule has 0 saturated carbocycles. The quantitative estimate of drug-likeness (QED) is 0.782. The summed E-state index contributed by atoms with van der Waals surface area (Å²) in [6.07, 6.45) is -4.44. The summed E-state index contributed by atoms with van der Waals surface area (Å²) in [4.78, 5) is 14.3. The molecule has 0 aliphatic carbocycles. The monoisotopic (exact) mass is 376 g/mol. The van der Waals surface area contributed by atoms with Crippen molar-refractivity contribution in [3.63, 3.8) is 0 Å². The number of carboxylic acid groups (broad SMARTS) is 1. The number of ether oxygens (including phenoxy) is 1. The molecule has 0 radical (unpaired) electrons. The van der Waals surface area contributed by atoms with E-state index in [0.717, 1.165) is 6.20 Å². The SMILES string of the molecule is NCc1ncc(OC(F)(F)F)c(I)c1CC(=O)O. The van der Waals surface area contributed by atoms with Crippen LogP contribution in [0.5, 0.6) is 5.75 Å². The number of aromatic nitrogens is 1. The van der Waals surface area contributed by atoms with E-state index < -0.39 is 24.5 Å². The van der Waals surface area contributed by atoms with Crippen molar-refractivity contribution in [3.05, 3.63) is 21.0 Å². The number of aliphatic carboxylic acids is 1. The average molecular weight is 376 g/mol. The molecule has 1 aromatic heterocycles. The van der Waals surface area contributed by atoms with Gasteiger partial charge in [-0.1, -0.05) is 0 Å². The molecule has 0 spiro atoms.